The van der Waals surface area contributed by atoms with Crippen LogP contribution in [-0.2, 0) is 0 Å². The largest absolute Gasteiger partial charge is 0.490 e. The van der Waals surface area contributed by atoms with E-state index in [9.17, 15) is 0 Å². The topological polar surface area (TPSA) is 44.2 Å². The summed E-state index contributed by atoms with van der Waals surface area (Å²) in [5.41, 5.74) is 0. The van der Waals surface area contributed by atoms with Crippen LogP contribution >= 0.6 is 15.9 Å². The molecule has 1 heterocycles. The third-order valence-electron chi connectivity index (χ3n) is 2.57. The second-order valence-corrected chi connectivity index (χ2v) is 5.34. The molecule has 1 aromatic carbocycles. The molecule has 0 saturated carbocycles. The molecule has 2 aromatic rings. The average Bonchev–Trinajstić information content (AvgIpc) is 2.40. The van der Waals surface area contributed by atoms with Gasteiger partial charge in [0.25, 0.3) is 0 Å². The Balaban J connectivity index is 2.30. The van der Waals surface area contributed by atoms with Crippen LogP contribution in [0.15, 0.2) is 34.9 Å². The Morgan fingerprint density at radius 2 is 1.85 bits per heavy atom. The number of hydrogen-bond acceptors (Lipinski definition) is 4. The SMILES string of the molecule is CCOc1ccccc1Oc1cc(Br)nc(C(C)C)n1. The van der Waals surface area contributed by atoms with Gasteiger partial charge in [-0.25, -0.2) is 4.98 Å². The summed E-state index contributed by atoms with van der Waals surface area (Å²) in [4.78, 5) is 8.74. The van der Waals surface area contributed by atoms with Crippen LogP contribution in [0.1, 0.15) is 32.5 Å². The van der Waals surface area contributed by atoms with Crippen LogP contribution in [-0.4, -0.2) is 16.6 Å². The lowest BCUT2D eigenvalue weighted by Crippen LogP contribution is -2.01. The molecule has 0 amide bonds. The molecule has 106 valence electrons. The predicted octanol–water partition coefficient (Wildman–Crippen LogP) is 4.55. The van der Waals surface area contributed by atoms with Crippen LogP contribution in [0.4, 0.5) is 0 Å². The molecule has 1 aromatic heterocycles. The number of nitrogens with zero attached hydrogens (tertiary/aromatic N) is 2. The molecule has 4 nitrogen and oxygen atoms in total. The van der Waals surface area contributed by atoms with Gasteiger partial charge >= 0.3 is 0 Å². The van der Waals surface area contributed by atoms with Gasteiger partial charge in [0.05, 0.1) is 6.61 Å². The van der Waals surface area contributed by atoms with Crippen molar-refractivity contribution in [3.8, 4) is 17.4 Å². The summed E-state index contributed by atoms with van der Waals surface area (Å²) < 4.78 is 12.1. The van der Waals surface area contributed by atoms with E-state index in [-0.39, 0.29) is 5.92 Å². The van der Waals surface area contributed by atoms with Gasteiger partial charge in [-0.15, -0.1) is 0 Å². The van der Waals surface area contributed by atoms with Crippen LogP contribution in [0.2, 0.25) is 0 Å². The third-order valence-corrected chi connectivity index (χ3v) is 2.97. The lowest BCUT2D eigenvalue weighted by Gasteiger charge is -2.12. The van der Waals surface area contributed by atoms with Gasteiger partial charge in [0, 0.05) is 12.0 Å². The summed E-state index contributed by atoms with van der Waals surface area (Å²) in [7, 11) is 0. The lowest BCUT2D eigenvalue weighted by atomic mass is 10.2. The van der Waals surface area contributed by atoms with E-state index in [0.717, 1.165) is 5.82 Å². The fourth-order valence-electron chi connectivity index (χ4n) is 1.65. The van der Waals surface area contributed by atoms with Gasteiger partial charge in [-0.05, 0) is 35.0 Å². The van der Waals surface area contributed by atoms with Crippen molar-refractivity contribution in [1.82, 2.24) is 9.97 Å². The highest BCUT2D eigenvalue weighted by Gasteiger charge is 2.10. The highest BCUT2D eigenvalue weighted by Crippen LogP contribution is 2.31. The molecule has 2 rings (SSSR count). The maximum atomic E-state index is 5.83. The molecule has 0 radical (unpaired) electrons. The maximum absolute atomic E-state index is 5.83. The molecule has 0 N–H and O–H groups in total. The predicted molar refractivity (Wildman–Crippen MR) is 81.5 cm³/mol. The first-order valence-electron chi connectivity index (χ1n) is 6.54. The minimum Gasteiger partial charge on any atom is -0.490 e. The second kappa shape index (κ2) is 6.70. The van der Waals surface area contributed by atoms with Crippen LogP contribution in [0.25, 0.3) is 0 Å². The summed E-state index contributed by atoms with van der Waals surface area (Å²) in [6, 6.07) is 9.29. The maximum Gasteiger partial charge on any atom is 0.223 e. The monoisotopic (exact) mass is 336 g/mol. The molecular weight excluding hydrogens is 320 g/mol. The second-order valence-electron chi connectivity index (χ2n) is 4.52. The summed E-state index contributed by atoms with van der Waals surface area (Å²) in [5, 5.41) is 0. The first-order chi connectivity index (χ1) is 9.60. The molecule has 0 aliphatic heterocycles. The molecule has 5 heteroatoms. The van der Waals surface area contributed by atoms with Crippen LogP contribution < -0.4 is 9.47 Å². The molecule has 0 bridgehead atoms. The van der Waals surface area contributed by atoms with Gasteiger partial charge in [0.15, 0.2) is 11.5 Å². The van der Waals surface area contributed by atoms with Crippen molar-refractivity contribution in [3.05, 3.63) is 40.8 Å². The molecule has 0 atom stereocenters. The zero-order valence-corrected chi connectivity index (χ0v) is 13.3. The van der Waals surface area contributed by atoms with Gasteiger partial charge in [-0.2, -0.15) is 4.98 Å². The van der Waals surface area contributed by atoms with Crippen LogP contribution in [0.5, 0.6) is 17.4 Å². The molecule has 0 saturated heterocycles. The summed E-state index contributed by atoms with van der Waals surface area (Å²) in [5.74, 6) is 2.83. The van der Waals surface area contributed by atoms with E-state index >= 15 is 0 Å². The highest BCUT2D eigenvalue weighted by atomic mass is 79.9. The Morgan fingerprint density at radius 1 is 1.15 bits per heavy atom. The molecular formula is C15H17BrN2O2. The van der Waals surface area contributed by atoms with Crippen molar-refractivity contribution in [1.29, 1.82) is 0 Å². The van der Waals surface area contributed by atoms with E-state index in [1.54, 1.807) is 6.07 Å². The zero-order valence-electron chi connectivity index (χ0n) is 11.8. The van der Waals surface area contributed by atoms with Crippen molar-refractivity contribution in [2.24, 2.45) is 0 Å². The van der Waals surface area contributed by atoms with Gasteiger partial charge in [0.1, 0.15) is 10.4 Å². The molecule has 0 aliphatic rings. The fraction of sp³-hybridized carbons (Fsp3) is 0.333. The van der Waals surface area contributed by atoms with Gasteiger partial charge in [-0.1, -0.05) is 26.0 Å². The Bertz CT molecular complexity index is 588. The fourth-order valence-corrected chi connectivity index (χ4v) is 2.02. The summed E-state index contributed by atoms with van der Waals surface area (Å²) in [6.45, 7) is 6.61. The van der Waals surface area contributed by atoms with Crippen molar-refractivity contribution >= 4 is 15.9 Å². The summed E-state index contributed by atoms with van der Waals surface area (Å²) in [6.07, 6.45) is 0. The quantitative estimate of drug-likeness (QED) is 0.751. The van der Waals surface area contributed by atoms with Crippen LogP contribution in [0, 0.1) is 0 Å². The number of hydrogen-bond donors (Lipinski definition) is 0. The van der Waals surface area contributed by atoms with E-state index < -0.39 is 0 Å². The van der Waals surface area contributed by atoms with Crippen molar-refractivity contribution in [2.45, 2.75) is 26.7 Å². The molecule has 0 unspecified atom stereocenters. The molecule has 0 fully saturated rings. The number of halogens is 1. The Morgan fingerprint density at radius 3 is 2.50 bits per heavy atom. The zero-order chi connectivity index (χ0) is 14.5. The van der Waals surface area contributed by atoms with E-state index in [4.69, 9.17) is 9.47 Å². The average molecular weight is 337 g/mol. The minimum atomic E-state index is 0.233. The van der Waals surface area contributed by atoms with Crippen molar-refractivity contribution in [2.75, 3.05) is 6.61 Å². The van der Waals surface area contributed by atoms with E-state index in [2.05, 4.69) is 25.9 Å². The van der Waals surface area contributed by atoms with Crippen molar-refractivity contribution < 1.29 is 9.47 Å². The number of aromatic nitrogens is 2. The standard InChI is InChI=1S/C15H17BrN2O2/c1-4-19-11-7-5-6-8-12(11)20-14-9-13(16)17-15(18-14)10(2)3/h5-10H,4H2,1-3H3. The number of benzene rings is 1. The Kier molecular flexibility index (Phi) is 4.95. The number of rotatable bonds is 5. The first kappa shape index (κ1) is 14.8. The normalized spacial score (nSPS) is 10.7. The van der Waals surface area contributed by atoms with Gasteiger partial charge in [-0.3, -0.25) is 0 Å². The van der Waals surface area contributed by atoms with Crippen molar-refractivity contribution in [3.63, 3.8) is 0 Å². The van der Waals surface area contributed by atoms with E-state index in [1.165, 1.54) is 0 Å². The minimum absolute atomic E-state index is 0.233. The number of para-hydroxylation sites is 2. The van der Waals surface area contributed by atoms with E-state index in [0.29, 0.717) is 28.6 Å². The summed E-state index contributed by atoms with van der Waals surface area (Å²) >= 11 is 3.38. The molecule has 0 aliphatic carbocycles. The highest BCUT2D eigenvalue weighted by molar-refractivity contribution is 9.10. The van der Waals surface area contributed by atoms with E-state index in [1.807, 2.05) is 45.0 Å². The lowest BCUT2D eigenvalue weighted by molar-refractivity contribution is 0.319. The smallest absolute Gasteiger partial charge is 0.223 e. The first-order valence-corrected chi connectivity index (χ1v) is 7.33. The Labute approximate surface area is 127 Å². The third kappa shape index (κ3) is 3.70. The van der Waals surface area contributed by atoms with Gasteiger partial charge in [0.2, 0.25) is 5.88 Å². The van der Waals surface area contributed by atoms with Gasteiger partial charge < -0.3 is 9.47 Å². The Hall–Kier alpha value is -1.62. The molecule has 20 heavy (non-hydrogen) atoms. The van der Waals surface area contributed by atoms with Crippen LogP contribution in [0.3, 0.4) is 0 Å². The molecule has 0 spiro atoms. The number of ether oxygens (including phenoxy) is 2.